The van der Waals surface area contributed by atoms with Crippen molar-refractivity contribution in [3.8, 4) is 0 Å². The van der Waals surface area contributed by atoms with E-state index in [4.69, 9.17) is 9.78 Å². The van der Waals surface area contributed by atoms with Crippen molar-refractivity contribution in [2.75, 3.05) is 0 Å². The molecular formula is C22H24O4S. The van der Waals surface area contributed by atoms with Crippen molar-refractivity contribution in [2.24, 2.45) is 0 Å². The molecule has 4 nitrogen and oxygen atoms in total. The van der Waals surface area contributed by atoms with Gasteiger partial charge in [-0.25, -0.2) is 4.79 Å². The zero-order valence-corrected chi connectivity index (χ0v) is 16.9. The van der Waals surface area contributed by atoms with E-state index in [1.54, 1.807) is 50.3 Å². The highest BCUT2D eigenvalue weighted by molar-refractivity contribution is 7.24. The lowest BCUT2D eigenvalue weighted by atomic mass is 10.1. The van der Waals surface area contributed by atoms with Crippen molar-refractivity contribution in [1.82, 2.24) is 0 Å². The van der Waals surface area contributed by atoms with Crippen molar-refractivity contribution >= 4 is 37.5 Å². The smallest absolute Gasteiger partial charge is 0.292 e. The Labute approximate surface area is 162 Å². The molecule has 0 aliphatic carbocycles. The summed E-state index contributed by atoms with van der Waals surface area (Å²) in [7, 11) is 0. The van der Waals surface area contributed by atoms with Gasteiger partial charge in [-0.1, -0.05) is 19.4 Å². The number of aryl methyl sites for hydroxylation is 1. The number of hydrogen-bond acceptors (Lipinski definition) is 5. The number of hydrogen-bond donors (Lipinski definition) is 0. The topological polar surface area (TPSA) is 52.6 Å². The molecule has 0 spiro atoms. The Morgan fingerprint density at radius 2 is 1.70 bits per heavy atom. The van der Waals surface area contributed by atoms with Gasteiger partial charge in [-0.05, 0) is 69.5 Å². The van der Waals surface area contributed by atoms with Crippen LogP contribution in [-0.2, 0) is 16.2 Å². The molecule has 0 amide bonds. The first-order chi connectivity index (χ1) is 12.8. The summed E-state index contributed by atoms with van der Waals surface area (Å²) in [6.45, 7) is 7.53. The Hall–Kier alpha value is -2.24. The third kappa shape index (κ3) is 4.54. The molecule has 0 aliphatic heterocycles. The molecule has 0 saturated carbocycles. The maximum absolute atomic E-state index is 13.0. The summed E-state index contributed by atoms with van der Waals surface area (Å²) in [5.74, 6) is -0.604. The summed E-state index contributed by atoms with van der Waals surface area (Å²) in [6, 6.07) is 11.1. The van der Waals surface area contributed by atoms with Gasteiger partial charge in [0.2, 0.25) is 0 Å². The van der Waals surface area contributed by atoms with Crippen molar-refractivity contribution in [3.63, 3.8) is 0 Å². The number of carbonyl (C=O) groups is 1. The molecule has 0 bridgehead atoms. The second-order valence-corrected chi connectivity index (χ2v) is 8.73. The molecule has 0 fully saturated rings. The summed E-state index contributed by atoms with van der Waals surface area (Å²) < 4.78 is 1.81. The highest BCUT2D eigenvalue weighted by Crippen LogP contribution is 2.27. The largest absolute Gasteiger partial charge is 0.373 e. The molecule has 0 aliphatic rings. The van der Waals surface area contributed by atoms with E-state index in [1.807, 2.05) is 12.1 Å². The molecule has 0 N–H and O–H groups in total. The number of carbonyl (C=O) groups excluding carboxylic acids is 1. The highest BCUT2D eigenvalue weighted by atomic mass is 32.1. The zero-order chi connectivity index (χ0) is 19.6. The lowest BCUT2D eigenvalue weighted by molar-refractivity contribution is -0.301. The predicted molar refractivity (Wildman–Crippen MR) is 110 cm³/mol. The van der Waals surface area contributed by atoms with Crippen LogP contribution in [-0.4, -0.2) is 11.6 Å². The lowest BCUT2D eigenvalue weighted by Gasteiger charge is -2.16. The van der Waals surface area contributed by atoms with Crippen LogP contribution in [0, 0.1) is 0 Å². The summed E-state index contributed by atoms with van der Waals surface area (Å²) in [5.41, 5.74) is 0.826. The van der Waals surface area contributed by atoms with Crippen LogP contribution in [0.1, 0.15) is 56.5 Å². The van der Waals surface area contributed by atoms with Crippen LogP contribution in [0.25, 0.3) is 20.2 Å². The normalized spacial score (nSPS) is 11.9. The average molecular weight is 384 g/mol. The molecule has 3 rings (SSSR count). The minimum absolute atomic E-state index is 0.0523. The van der Waals surface area contributed by atoms with E-state index >= 15 is 0 Å². The van der Waals surface area contributed by atoms with Crippen molar-refractivity contribution < 1.29 is 14.6 Å². The molecule has 142 valence electrons. The number of benzene rings is 2. The highest BCUT2D eigenvalue weighted by Gasteiger charge is 2.17. The van der Waals surface area contributed by atoms with Gasteiger partial charge in [0, 0.05) is 20.2 Å². The lowest BCUT2D eigenvalue weighted by Crippen LogP contribution is -2.22. The van der Waals surface area contributed by atoms with Crippen LogP contribution in [0.2, 0.25) is 0 Å². The average Bonchev–Trinajstić information content (AvgIpc) is 2.64. The Kier molecular flexibility index (Phi) is 5.63. The fourth-order valence-electron chi connectivity index (χ4n) is 2.78. The van der Waals surface area contributed by atoms with Crippen LogP contribution in [0.3, 0.4) is 0 Å². The molecule has 0 saturated heterocycles. The van der Waals surface area contributed by atoms with Gasteiger partial charge in [0.25, 0.3) is 0 Å². The number of unbranched alkanes of at least 4 members (excludes halogenated alkanes) is 1. The van der Waals surface area contributed by atoms with Gasteiger partial charge >= 0.3 is 5.97 Å². The second kappa shape index (κ2) is 7.79. The predicted octanol–water partition coefficient (Wildman–Crippen LogP) is 5.64. The maximum atomic E-state index is 13.0. The Morgan fingerprint density at radius 3 is 2.37 bits per heavy atom. The quantitative estimate of drug-likeness (QED) is 0.324. The molecule has 1 heterocycles. The number of fused-ring (bicyclic) bond motifs is 2. The first kappa shape index (κ1) is 19.5. The molecule has 2 aromatic carbocycles. The standard InChI is InChI=1S/C22H24O4S/c1-5-6-7-14-8-10-18-16(12-14)20(23)17-13-15(9-11-19(17)27-18)21(24)25-26-22(2,3)4/h8-13H,5-7H2,1-4H3. The van der Waals surface area contributed by atoms with E-state index in [0.29, 0.717) is 16.3 Å². The van der Waals surface area contributed by atoms with Crippen molar-refractivity contribution in [3.05, 3.63) is 57.7 Å². The summed E-state index contributed by atoms with van der Waals surface area (Å²) in [5, 5.41) is 1.24. The van der Waals surface area contributed by atoms with Gasteiger partial charge in [-0.15, -0.1) is 11.3 Å². The first-order valence-corrected chi connectivity index (χ1v) is 9.99. The summed E-state index contributed by atoms with van der Waals surface area (Å²) >= 11 is 1.55. The molecule has 0 unspecified atom stereocenters. The second-order valence-electron chi connectivity index (χ2n) is 7.64. The SMILES string of the molecule is CCCCc1ccc2sc3ccc(C(=O)OOC(C)(C)C)cc3c(=O)c2c1. The van der Waals surface area contributed by atoms with E-state index in [9.17, 15) is 9.59 Å². The molecule has 27 heavy (non-hydrogen) atoms. The molecule has 3 aromatic rings. The van der Waals surface area contributed by atoms with Gasteiger partial charge in [0.1, 0.15) is 5.60 Å². The molecule has 5 heteroatoms. The van der Waals surface area contributed by atoms with Crippen LogP contribution >= 0.6 is 11.3 Å². The third-order valence-corrected chi connectivity index (χ3v) is 5.31. The molecular weight excluding hydrogens is 360 g/mol. The van der Waals surface area contributed by atoms with E-state index < -0.39 is 11.6 Å². The van der Waals surface area contributed by atoms with Gasteiger partial charge in [0.05, 0.1) is 5.56 Å². The Bertz CT molecular complexity index is 1040. The summed E-state index contributed by atoms with van der Waals surface area (Å²) in [6.07, 6.45) is 3.18. The molecule has 0 atom stereocenters. The molecule has 1 aromatic heterocycles. The van der Waals surface area contributed by atoms with Crippen LogP contribution < -0.4 is 5.43 Å². The van der Waals surface area contributed by atoms with E-state index in [2.05, 4.69) is 13.0 Å². The van der Waals surface area contributed by atoms with Gasteiger partial charge < -0.3 is 0 Å². The fraction of sp³-hybridized carbons (Fsp3) is 0.364. The van der Waals surface area contributed by atoms with Gasteiger partial charge in [0.15, 0.2) is 5.43 Å². The maximum Gasteiger partial charge on any atom is 0.373 e. The van der Waals surface area contributed by atoms with E-state index in [1.165, 1.54) is 5.56 Å². The van der Waals surface area contributed by atoms with Crippen molar-refractivity contribution in [1.29, 1.82) is 0 Å². The monoisotopic (exact) mass is 384 g/mol. The minimum atomic E-state index is -0.604. The Balaban J connectivity index is 2.01. The third-order valence-electron chi connectivity index (χ3n) is 4.15. The van der Waals surface area contributed by atoms with Crippen LogP contribution in [0.15, 0.2) is 41.2 Å². The Morgan fingerprint density at radius 1 is 1.04 bits per heavy atom. The molecule has 0 radical (unpaired) electrons. The van der Waals surface area contributed by atoms with E-state index in [-0.39, 0.29) is 5.43 Å². The summed E-state index contributed by atoms with van der Waals surface area (Å²) in [4.78, 5) is 35.2. The number of rotatable bonds is 5. The van der Waals surface area contributed by atoms with Crippen LogP contribution in [0.4, 0.5) is 0 Å². The first-order valence-electron chi connectivity index (χ1n) is 9.18. The minimum Gasteiger partial charge on any atom is -0.292 e. The van der Waals surface area contributed by atoms with Crippen molar-refractivity contribution in [2.45, 2.75) is 52.6 Å². The van der Waals surface area contributed by atoms with Crippen LogP contribution in [0.5, 0.6) is 0 Å². The zero-order valence-electron chi connectivity index (χ0n) is 16.1. The fourth-order valence-corrected chi connectivity index (χ4v) is 3.81. The van der Waals surface area contributed by atoms with Gasteiger partial charge in [-0.2, -0.15) is 4.89 Å². The van der Waals surface area contributed by atoms with Gasteiger partial charge in [-0.3, -0.25) is 9.68 Å². The van der Waals surface area contributed by atoms with E-state index in [0.717, 1.165) is 28.7 Å².